The Bertz CT molecular complexity index is 1110. The molecule has 1 fully saturated rings. The van der Waals surface area contributed by atoms with Crippen LogP contribution < -0.4 is 5.73 Å². The molecule has 0 saturated carbocycles. The number of sulfonamides is 1. The van der Waals surface area contributed by atoms with Gasteiger partial charge in [0.25, 0.3) is 0 Å². The number of guanidine groups is 1. The van der Waals surface area contributed by atoms with Gasteiger partial charge in [-0.05, 0) is 24.6 Å². The number of aliphatic imine (C=N–C) groups is 1. The van der Waals surface area contributed by atoms with E-state index in [9.17, 15) is 13.2 Å². The fraction of sp³-hybridized carbons (Fsp3) is 0.412. The lowest BCUT2D eigenvalue weighted by Crippen LogP contribution is -2.60. The first kappa shape index (κ1) is 20.2. The van der Waals surface area contributed by atoms with E-state index in [-0.39, 0.29) is 19.0 Å². The van der Waals surface area contributed by atoms with Gasteiger partial charge >= 0.3 is 5.97 Å². The second-order valence-electron chi connectivity index (χ2n) is 6.80. The van der Waals surface area contributed by atoms with Gasteiger partial charge in [-0.15, -0.1) is 11.3 Å². The van der Waals surface area contributed by atoms with Crippen molar-refractivity contribution < 1.29 is 22.7 Å². The van der Waals surface area contributed by atoms with Crippen molar-refractivity contribution in [3.8, 4) is 10.6 Å². The van der Waals surface area contributed by atoms with Gasteiger partial charge in [-0.1, -0.05) is 11.6 Å². The van der Waals surface area contributed by atoms with Gasteiger partial charge in [-0.3, -0.25) is 0 Å². The summed E-state index contributed by atoms with van der Waals surface area (Å²) in [6.07, 6.45) is 0.280. The molecule has 156 valence electrons. The lowest BCUT2D eigenvalue weighted by molar-refractivity contribution is 0.0390. The maximum absolute atomic E-state index is 13.0. The summed E-state index contributed by atoms with van der Waals surface area (Å²) in [5, 5.41) is -0.467. The third-order valence-electron chi connectivity index (χ3n) is 5.19. The molecule has 12 heteroatoms. The summed E-state index contributed by atoms with van der Waals surface area (Å²) >= 11 is 7.84. The number of nitrogens with two attached hydrogens (primary N) is 1. The number of hydrogen-bond donors (Lipinski definition) is 2. The van der Waals surface area contributed by atoms with Gasteiger partial charge in [-0.2, -0.15) is 0 Å². The van der Waals surface area contributed by atoms with E-state index in [0.29, 0.717) is 27.9 Å². The van der Waals surface area contributed by atoms with Crippen molar-refractivity contribution in [3.05, 3.63) is 33.8 Å². The molecule has 0 amide bonds. The molecule has 0 bridgehead atoms. The van der Waals surface area contributed by atoms with E-state index >= 15 is 0 Å². The monoisotopic (exact) mass is 458 g/mol. The Kier molecular flexibility index (Phi) is 4.88. The standard InChI is InChI=1S/C17H19ClN4O5S2/c1-22-16(19)21-17(8-27-6-5-13(17)29(22,24)25)14-9(18)7-12(28-14)10-3-4-11(20-10)15(23)26-2/h3-4,7,13,20H,5-6,8H2,1-2H3,(H2,19,21). The highest BCUT2D eigenvalue weighted by atomic mass is 35.5. The number of hydrogen-bond acceptors (Lipinski definition) is 8. The second kappa shape index (κ2) is 7.01. The molecule has 2 aromatic heterocycles. The molecule has 1 saturated heterocycles. The molecule has 2 unspecified atom stereocenters. The predicted octanol–water partition coefficient (Wildman–Crippen LogP) is 1.76. The fourth-order valence-corrected chi connectivity index (χ4v) is 7.21. The van der Waals surface area contributed by atoms with E-state index in [1.54, 1.807) is 18.2 Å². The van der Waals surface area contributed by atoms with Gasteiger partial charge < -0.3 is 20.2 Å². The zero-order chi connectivity index (χ0) is 21.0. The van der Waals surface area contributed by atoms with Crippen LogP contribution in [0.15, 0.2) is 23.2 Å². The number of rotatable bonds is 3. The van der Waals surface area contributed by atoms with Crippen LogP contribution >= 0.6 is 22.9 Å². The summed E-state index contributed by atoms with van der Waals surface area (Å²) in [7, 11) is -1.03. The number of thiophene rings is 1. The highest BCUT2D eigenvalue weighted by Gasteiger charge is 2.56. The topological polar surface area (TPSA) is 127 Å². The first-order valence-corrected chi connectivity index (χ1v) is 11.4. The number of aromatic amines is 1. The lowest BCUT2D eigenvalue weighted by atomic mass is 9.90. The van der Waals surface area contributed by atoms with Gasteiger partial charge in [0.15, 0.2) is 0 Å². The largest absolute Gasteiger partial charge is 0.464 e. The lowest BCUT2D eigenvalue weighted by Gasteiger charge is -2.45. The van der Waals surface area contributed by atoms with Crippen LogP contribution in [0.1, 0.15) is 21.8 Å². The SMILES string of the molecule is COC(=O)c1ccc(-c2cc(Cl)c(C34COCCC3S(=O)(=O)N(C)C(N)=N4)s2)[nH]1. The van der Waals surface area contributed by atoms with Crippen molar-refractivity contribution >= 4 is 44.9 Å². The number of H-pyrrole nitrogens is 1. The number of aromatic nitrogens is 1. The minimum Gasteiger partial charge on any atom is -0.464 e. The molecule has 2 aliphatic rings. The van der Waals surface area contributed by atoms with Crippen LogP contribution in [0.5, 0.6) is 0 Å². The Morgan fingerprint density at radius 3 is 3.00 bits per heavy atom. The Morgan fingerprint density at radius 1 is 1.52 bits per heavy atom. The summed E-state index contributed by atoms with van der Waals surface area (Å²) in [5.41, 5.74) is 5.69. The summed E-state index contributed by atoms with van der Waals surface area (Å²) in [6, 6.07) is 5.05. The van der Waals surface area contributed by atoms with Crippen molar-refractivity contribution in [3.63, 3.8) is 0 Å². The average molecular weight is 459 g/mol. The normalized spacial score (nSPS) is 26.0. The number of ether oxygens (including phenoxy) is 2. The average Bonchev–Trinajstić information content (AvgIpc) is 3.33. The molecule has 2 aliphatic heterocycles. The van der Waals surface area contributed by atoms with Gasteiger partial charge in [0.2, 0.25) is 16.0 Å². The Hall–Kier alpha value is -2.08. The second-order valence-corrected chi connectivity index (χ2v) is 10.4. The maximum Gasteiger partial charge on any atom is 0.354 e. The Labute approximate surface area is 176 Å². The number of nitrogens with zero attached hydrogens (tertiary/aromatic N) is 2. The van der Waals surface area contributed by atoms with Crippen molar-refractivity contribution in [1.82, 2.24) is 9.29 Å². The van der Waals surface area contributed by atoms with Gasteiger partial charge in [-0.25, -0.2) is 22.5 Å². The van der Waals surface area contributed by atoms with Crippen LogP contribution in [0.3, 0.4) is 0 Å². The molecule has 2 atom stereocenters. The summed E-state index contributed by atoms with van der Waals surface area (Å²) in [6.45, 7) is 0.368. The summed E-state index contributed by atoms with van der Waals surface area (Å²) in [5.74, 6) is -0.595. The van der Waals surface area contributed by atoms with E-state index in [1.165, 1.54) is 25.5 Å². The molecular formula is C17H19ClN4O5S2. The molecule has 2 aromatic rings. The minimum atomic E-state index is -3.72. The molecule has 0 radical (unpaired) electrons. The van der Waals surface area contributed by atoms with Crippen LogP contribution in [0, 0.1) is 0 Å². The number of esters is 1. The van der Waals surface area contributed by atoms with E-state index in [0.717, 1.165) is 9.18 Å². The van der Waals surface area contributed by atoms with Gasteiger partial charge in [0, 0.05) is 13.7 Å². The number of carbonyl (C=O) groups is 1. The van der Waals surface area contributed by atoms with E-state index in [1.807, 2.05) is 0 Å². The molecule has 29 heavy (non-hydrogen) atoms. The maximum atomic E-state index is 13.0. The molecule has 9 nitrogen and oxygen atoms in total. The number of fused-ring (bicyclic) bond motifs is 1. The van der Waals surface area contributed by atoms with Crippen LogP contribution in [-0.4, -0.2) is 62.3 Å². The number of halogens is 1. The molecule has 3 N–H and O–H groups in total. The van der Waals surface area contributed by atoms with E-state index in [2.05, 4.69) is 9.98 Å². The van der Waals surface area contributed by atoms with Crippen molar-refractivity contribution in [2.75, 3.05) is 27.4 Å². The highest BCUT2D eigenvalue weighted by molar-refractivity contribution is 7.90. The minimum absolute atomic E-state index is 0.0588. The van der Waals surface area contributed by atoms with Crippen molar-refractivity contribution in [2.45, 2.75) is 17.2 Å². The van der Waals surface area contributed by atoms with Crippen LogP contribution in [0.2, 0.25) is 5.02 Å². The third kappa shape index (κ3) is 3.03. The van der Waals surface area contributed by atoms with E-state index in [4.69, 9.17) is 26.8 Å². The summed E-state index contributed by atoms with van der Waals surface area (Å²) < 4.78 is 37.4. The molecular weight excluding hydrogens is 440 g/mol. The quantitative estimate of drug-likeness (QED) is 0.674. The van der Waals surface area contributed by atoms with E-state index < -0.39 is 26.8 Å². The van der Waals surface area contributed by atoms with Crippen molar-refractivity contribution in [2.24, 2.45) is 10.7 Å². The van der Waals surface area contributed by atoms with Gasteiger partial charge in [0.1, 0.15) is 16.5 Å². The van der Waals surface area contributed by atoms with Gasteiger partial charge in [0.05, 0.1) is 34.2 Å². The van der Waals surface area contributed by atoms with Crippen LogP contribution in [0.4, 0.5) is 0 Å². The fourth-order valence-electron chi connectivity index (χ4n) is 3.67. The molecule has 4 heterocycles. The zero-order valence-corrected chi connectivity index (χ0v) is 18.0. The Morgan fingerprint density at radius 2 is 2.28 bits per heavy atom. The number of methoxy groups -OCH3 is 1. The smallest absolute Gasteiger partial charge is 0.354 e. The first-order chi connectivity index (χ1) is 13.7. The molecule has 0 aromatic carbocycles. The number of nitrogens with one attached hydrogen (secondary N) is 1. The predicted molar refractivity (Wildman–Crippen MR) is 110 cm³/mol. The molecule has 0 spiro atoms. The Balaban J connectivity index is 1.84. The third-order valence-corrected chi connectivity index (χ3v) is 9.23. The number of carbonyl (C=O) groups excluding carboxylic acids is 1. The first-order valence-electron chi connectivity index (χ1n) is 8.69. The van der Waals surface area contributed by atoms with Crippen LogP contribution in [0.25, 0.3) is 10.6 Å². The molecule has 0 aliphatic carbocycles. The zero-order valence-electron chi connectivity index (χ0n) is 15.6. The summed E-state index contributed by atoms with van der Waals surface area (Å²) in [4.78, 5) is 20.5. The van der Waals surface area contributed by atoms with Crippen LogP contribution in [-0.2, 0) is 25.0 Å². The molecule has 4 rings (SSSR count). The highest BCUT2D eigenvalue weighted by Crippen LogP contribution is 2.49. The van der Waals surface area contributed by atoms with Crippen molar-refractivity contribution in [1.29, 1.82) is 0 Å².